The second kappa shape index (κ2) is 8.55. The molecule has 2 rings (SSSR count). The molecule has 1 aliphatic heterocycles. The number of nitrogens with zero attached hydrogens (tertiary/aromatic N) is 1. The lowest BCUT2D eigenvalue weighted by Gasteiger charge is -2.12. The van der Waals surface area contributed by atoms with Crippen molar-refractivity contribution in [2.75, 3.05) is 13.1 Å². The highest BCUT2D eigenvalue weighted by molar-refractivity contribution is 8.18. The molecule has 0 aliphatic carbocycles. The molecular formula is C16H16Cl2N2O3S. The predicted molar refractivity (Wildman–Crippen MR) is 97.1 cm³/mol. The van der Waals surface area contributed by atoms with Crippen LogP contribution in [0.1, 0.15) is 25.3 Å². The number of hydrogen-bond donors (Lipinski definition) is 1. The van der Waals surface area contributed by atoms with E-state index >= 15 is 0 Å². The van der Waals surface area contributed by atoms with Crippen molar-refractivity contribution in [2.24, 2.45) is 0 Å². The Balaban J connectivity index is 2.01. The van der Waals surface area contributed by atoms with Crippen LogP contribution in [0.25, 0.3) is 6.08 Å². The van der Waals surface area contributed by atoms with E-state index in [0.717, 1.165) is 23.1 Å². The van der Waals surface area contributed by atoms with Crippen molar-refractivity contribution >= 4 is 58.1 Å². The van der Waals surface area contributed by atoms with Crippen LogP contribution in [-0.4, -0.2) is 35.0 Å². The molecule has 0 radical (unpaired) electrons. The van der Waals surface area contributed by atoms with E-state index in [1.807, 2.05) is 6.92 Å². The van der Waals surface area contributed by atoms with E-state index in [9.17, 15) is 14.4 Å². The average molecular weight is 387 g/mol. The van der Waals surface area contributed by atoms with E-state index in [4.69, 9.17) is 23.2 Å². The Kier molecular flexibility index (Phi) is 6.71. The zero-order valence-electron chi connectivity index (χ0n) is 13.0. The van der Waals surface area contributed by atoms with Gasteiger partial charge in [0.2, 0.25) is 5.91 Å². The molecule has 0 saturated carbocycles. The molecule has 0 atom stereocenters. The zero-order valence-corrected chi connectivity index (χ0v) is 15.3. The minimum absolute atomic E-state index is 0.0872. The highest BCUT2D eigenvalue weighted by Crippen LogP contribution is 2.33. The molecule has 0 bridgehead atoms. The third-order valence-corrected chi connectivity index (χ3v) is 4.90. The highest BCUT2D eigenvalue weighted by atomic mass is 35.5. The third-order valence-electron chi connectivity index (χ3n) is 3.25. The number of halogens is 2. The molecule has 1 fully saturated rings. The van der Waals surface area contributed by atoms with Gasteiger partial charge in [0.15, 0.2) is 0 Å². The maximum atomic E-state index is 12.3. The van der Waals surface area contributed by atoms with E-state index in [2.05, 4.69) is 5.32 Å². The number of benzene rings is 1. The maximum Gasteiger partial charge on any atom is 0.293 e. The number of imide groups is 1. The zero-order chi connectivity index (χ0) is 17.7. The van der Waals surface area contributed by atoms with Gasteiger partial charge in [-0.15, -0.1) is 0 Å². The summed E-state index contributed by atoms with van der Waals surface area (Å²) in [6.07, 6.45) is 2.78. The molecule has 24 heavy (non-hydrogen) atoms. The van der Waals surface area contributed by atoms with Gasteiger partial charge in [-0.1, -0.05) is 36.2 Å². The molecule has 1 aromatic carbocycles. The SMILES string of the molecule is CCCC(=O)NCCN1C(=O)S/C(=C\c2ccc(Cl)c(Cl)c2)C1=O. The summed E-state index contributed by atoms with van der Waals surface area (Å²) in [5.41, 5.74) is 0.686. The van der Waals surface area contributed by atoms with Gasteiger partial charge in [-0.3, -0.25) is 19.3 Å². The molecule has 1 heterocycles. The molecule has 0 unspecified atom stereocenters. The molecule has 0 spiro atoms. The van der Waals surface area contributed by atoms with Crippen molar-refractivity contribution in [2.45, 2.75) is 19.8 Å². The quantitative estimate of drug-likeness (QED) is 0.751. The second-order valence-corrected chi connectivity index (χ2v) is 6.91. The van der Waals surface area contributed by atoms with Gasteiger partial charge in [-0.2, -0.15) is 0 Å². The van der Waals surface area contributed by atoms with Gasteiger partial charge in [0.25, 0.3) is 11.1 Å². The minimum atomic E-state index is -0.374. The summed E-state index contributed by atoms with van der Waals surface area (Å²) in [6.45, 7) is 2.31. The number of carbonyl (C=O) groups is 3. The van der Waals surface area contributed by atoms with Gasteiger partial charge in [0.05, 0.1) is 15.0 Å². The van der Waals surface area contributed by atoms with E-state index < -0.39 is 0 Å². The number of hydrogen-bond acceptors (Lipinski definition) is 4. The van der Waals surface area contributed by atoms with Crippen LogP contribution in [0.4, 0.5) is 4.79 Å². The van der Waals surface area contributed by atoms with Crippen LogP contribution in [0.15, 0.2) is 23.1 Å². The van der Waals surface area contributed by atoms with Crippen LogP contribution in [-0.2, 0) is 9.59 Å². The largest absolute Gasteiger partial charge is 0.354 e. The van der Waals surface area contributed by atoms with Gasteiger partial charge in [0.1, 0.15) is 0 Å². The Morgan fingerprint density at radius 2 is 2.04 bits per heavy atom. The van der Waals surface area contributed by atoms with Gasteiger partial charge in [0, 0.05) is 19.5 Å². The molecule has 1 aromatic rings. The molecular weight excluding hydrogens is 371 g/mol. The smallest absolute Gasteiger partial charge is 0.293 e. The molecule has 3 amide bonds. The molecule has 1 aliphatic rings. The van der Waals surface area contributed by atoms with Crippen molar-refractivity contribution in [1.29, 1.82) is 0 Å². The van der Waals surface area contributed by atoms with Gasteiger partial charge in [-0.05, 0) is 42.0 Å². The molecule has 5 nitrogen and oxygen atoms in total. The Labute approximate surface area is 154 Å². The Morgan fingerprint density at radius 3 is 2.71 bits per heavy atom. The van der Waals surface area contributed by atoms with Crippen LogP contribution in [0.5, 0.6) is 0 Å². The van der Waals surface area contributed by atoms with E-state index in [1.54, 1.807) is 24.3 Å². The summed E-state index contributed by atoms with van der Waals surface area (Å²) in [6, 6.07) is 4.97. The highest BCUT2D eigenvalue weighted by Gasteiger charge is 2.34. The van der Waals surface area contributed by atoms with Gasteiger partial charge in [-0.25, -0.2) is 0 Å². The number of thioether (sulfide) groups is 1. The third kappa shape index (κ3) is 4.75. The van der Waals surface area contributed by atoms with Crippen molar-refractivity contribution in [3.05, 3.63) is 38.7 Å². The summed E-state index contributed by atoms with van der Waals surface area (Å²) in [5.74, 6) is -0.461. The normalized spacial score (nSPS) is 16.1. The number of nitrogens with one attached hydrogen (secondary N) is 1. The van der Waals surface area contributed by atoms with Crippen LogP contribution in [0.3, 0.4) is 0 Å². The first kappa shape index (κ1) is 18.8. The number of rotatable bonds is 6. The fourth-order valence-corrected chi connectivity index (χ4v) is 3.24. The molecule has 128 valence electrons. The average Bonchev–Trinajstić information content (AvgIpc) is 2.78. The van der Waals surface area contributed by atoms with E-state index in [-0.39, 0.29) is 30.1 Å². The van der Waals surface area contributed by atoms with Crippen LogP contribution in [0, 0.1) is 0 Å². The molecule has 8 heteroatoms. The Hall–Kier alpha value is -1.50. The monoisotopic (exact) mass is 386 g/mol. The first-order valence-electron chi connectivity index (χ1n) is 7.39. The molecule has 1 saturated heterocycles. The lowest BCUT2D eigenvalue weighted by Crippen LogP contribution is -2.37. The van der Waals surface area contributed by atoms with Crippen molar-refractivity contribution < 1.29 is 14.4 Å². The number of amides is 3. The van der Waals surface area contributed by atoms with Crippen LogP contribution >= 0.6 is 35.0 Å². The van der Waals surface area contributed by atoms with Crippen molar-refractivity contribution in [1.82, 2.24) is 10.2 Å². The van der Waals surface area contributed by atoms with Gasteiger partial charge >= 0.3 is 0 Å². The Morgan fingerprint density at radius 1 is 1.29 bits per heavy atom. The fourth-order valence-electron chi connectivity index (χ4n) is 2.07. The Bertz CT molecular complexity index is 707. The van der Waals surface area contributed by atoms with E-state index in [1.165, 1.54) is 0 Å². The van der Waals surface area contributed by atoms with Crippen molar-refractivity contribution in [3.63, 3.8) is 0 Å². The summed E-state index contributed by atoms with van der Waals surface area (Å²) < 4.78 is 0. The van der Waals surface area contributed by atoms with Gasteiger partial charge < -0.3 is 5.32 Å². The summed E-state index contributed by atoms with van der Waals surface area (Å²) >= 11 is 12.7. The number of carbonyl (C=O) groups excluding carboxylic acids is 3. The summed E-state index contributed by atoms with van der Waals surface area (Å²) in [4.78, 5) is 37.1. The first-order chi connectivity index (χ1) is 11.4. The summed E-state index contributed by atoms with van der Waals surface area (Å²) in [5, 5.41) is 3.13. The lowest BCUT2D eigenvalue weighted by atomic mass is 10.2. The molecule has 1 N–H and O–H groups in total. The van der Waals surface area contributed by atoms with Crippen LogP contribution < -0.4 is 5.32 Å². The topological polar surface area (TPSA) is 66.5 Å². The maximum absolute atomic E-state index is 12.3. The molecule has 0 aromatic heterocycles. The lowest BCUT2D eigenvalue weighted by molar-refractivity contribution is -0.124. The fraction of sp³-hybridized carbons (Fsp3) is 0.312. The first-order valence-corrected chi connectivity index (χ1v) is 8.96. The standard InChI is InChI=1S/C16H16Cl2N2O3S/c1-2-3-14(21)19-6-7-20-15(22)13(24-16(20)23)9-10-4-5-11(17)12(18)8-10/h4-5,8-9H,2-3,6-7H2,1H3,(H,19,21)/b13-9-. The minimum Gasteiger partial charge on any atom is -0.354 e. The van der Waals surface area contributed by atoms with E-state index in [0.29, 0.717) is 26.9 Å². The second-order valence-electron chi connectivity index (χ2n) is 5.11. The summed E-state index contributed by atoms with van der Waals surface area (Å²) in [7, 11) is 0. The van der Waals surface area contributed by atoms with Crippen molar-refractivity contribution in [3.8, 4) is 0 Å². The van der Waals surface area contributed by atoms with Crippen LogP contribution in [0.2, 0.25) is 10.0 Å². The predicted octanol–water partition coefficient (Wildman–Crippen LogP) is 3.95.